The molecule has 152 valence electrons. The predicted molar refractivity (Wildman–Crippen MR) is 121 cm³/mol. The third-order valence-electron chi connectivity index (χ3n) is 4.74. The Balaban J connectivity index is 2.29. The third kappa shape index (κ3) is 4.90. The second-order valence-electron chi connectivity index (χ2n) is 6.70. The Labute approximate surface area is 179 Å². The van der Waals surface area contributed by atoms with Crippen molar-refractivity contribution in [3.8, 4) is 0 Å². The van der Waals surface area contributed by atoms with Gasteiger partial charge in [0.25, 0.3) is 0 Å². The number of benzene rings is 3. The zero-order chi connectivity index (χ0) is 21.4. The molecule has 4 nitrogen and oxygen atoms in total. The molecule has 0 aliphatic rings. The van der Waals surface area contributed by atoms with Gasteiger partial charge in [-0.05, 0) is 0 Å². The molecule has 0 fully saturated rings. The summed E-state index contributed by atoms with van der Waals surface area (Å²) in [6.45, 7) is 1.34. The minimum atomic E-state index is -3.16. The van der Waals surface area contributed by atoms with E-state index in [4.69, 9.17) is 9.47 Å². The van der Waals surface area contributed by atoms with Gasteiger partial charge in [-0.1, -0.05) is 0 Å². The molecule has 0 saturated carbocycles. The first-order chi connectivity index (χ1) is 14.6. The third-order valence-corrected chi connectivity index (χ3v) is 13.8. The Bertz CT molecular complexity index is 918. The van der Waals surface area contributed by atoms with E-state index < -0.39 is 25.5 Å². The van der Waals surface area contributed by atoms with E-state index in [1.807, 2.05) is 54.6 Å². The Morgan fingerprint density at radius 1 is 0.767 bits per heavy atom. The van der Waals surface area contributed by atoms with Crippen molar-refractivity contribution in [1.29, 1.82) is 0 Å². The van der Waals surface area contributed by atoms with Crippen LogP contribution in [0, 0.1) is 0 Å². The number of ether oxygens (including phenoxy) is 2. The number of hydrogen-bond donors (Lipinski definition) is 0. The van der Waals surface area contributed by atoms with E-state index in [2.05, 4.69) is 36.4 Å². The quantitative estimate of drug-likeness (QED) is 0.234. The SMILES string of the molecule is COC(=O)/C=C(\C[As+](c1ccccc1)(c1ccccc1)c1ccccc1)OC(C)=O. The van der Waals surface area contributed by atoms with Gasteiger partial charge in [0.1, 0.15) is 0 Å². The first-order valence-corrected chi connectivity index (χ1v) is 13.7. The molecule has 0 atom stereocenters. The van der Waals surface area contributed by atoms with Gasteiger partial charge >= 0.3 is 180 Å². The molecule has 0 saturated heterocycles. The van der Waals surface area contributed by atoms with Crippen LogP contribution >= 0.6 is 0 Å². The standard InChI is InChI=1S/C25H24AsO4/c1-20(27)30-24(18-25(28)29-2)19-26(21-12-6-3-7-13-21,22-14-8-4-9-15-22)23-16-10-5-11-17-23/h3-18H,19H2,1-2H3/q+1/b24-18+. The van der Waals surface area contributed by atoms with Crippen LogP contribution in [0.5, 0.6) is 0 Å². The van der Waals surface area contributed by atoms with Gasteiger partial charge in [0.15, 0.2) is 0 Å². The summed E-state index contributed by atoms with van der Waals surface area (Å²) in [7, 11) is 1.31. The van der Waals surface area contributed by atoms with Crippen LogP contribution in [0.15, 0.2) is 103 Å². The van der Waals surface area contributed by atoms with Crippen molar-refractivity contribution in [3.63, 3.8) is 0 Å². The first kappa shape index (κ1) is 21.6. The number of esters is 2. The zero-order valence-electron chi connectivity index (χ0n) is 17.0. The van der Waals surface area contributed by atoms with Crippen LogP contribution in [0.4, 0.5) is 0 Å². The van der Waals surface area contributed by atoms with Crippen molar-refractivity contribution in [2.24, 2.45) is 0 Å². The molecule has 5 heteroatoms. The number of carbonyl (C=O) groups is 2. The molecule has 3 rings (SSSR count). The summed E-state index contributed by atoms with van der Waals surface area (Å²) in [4.78, 5) is 23.9. The summed E-state index contributed by atoms with van der Waals surface area (Å²) >= 11 is -3.16. The van der Waals surface area contributed by atoms with Crippen LogP contribution in [0.2, 0.25) is 5.21 Å². The summed E-state index contributed by atoms with van der Waals surface area (Å²) in [5.74, 6) is -0.694. The number of hydrogen-bond acceptors (Lipinski definition) is 4. The first-order valence-electron chi connectivity index (χ1n) is 9.58. The minimum absolute atomic E-state index is 0.318. The molecular formula is C25H24AsO4+. The summed E-state index contributed by atoms with van der Waals surface area (Å²) in [5, 5.41) is 0.435. The van der Waals surface area contributed by atoms with Gasteiger partial charge in [-0.25, -0.2) is 0 Å². The van der Waals surface area contributed by atoms with Gasteiger partial charge in [-0.2, -0.15) is 0 Å². The Morgan fingerprint density at radius 2 is 1.17 bits per heavy atom. The van der Waals surface area contributed by atoms with E-state index in [1.54, 1.807) is 0 Å². The van der Waals surface area contributed by atoms with Crippen LogP contribution in [-0.4, -0.2) is 32.6 Å². The Kier molecular flexibility index (Phi) is 7.26. The van der Waals surface area contributed by atoms with Crippen LogP contribution in [-0.2, 0) is 19.1 Å². The summed E-state index contributed by atoms with van der Waals surface area (Å²) in [6, 6.07) is 30.8. The molecule has 30 heavy (non-hydrogen) atoms. The van der Waals surface area contributed by atoms with E-state index in [1.165, 1.54) is 33.2 Å². The fourth-order valence-electron chi connectivity index (χ4n) is 3.48. The van der Waals surface area contributed by atoms with Crippen molar-refractivity contribution in [3.05, 3.63) is 103 Å². The monoisotopic (exact) mass is 463 g/mol. The van der Waals surface area contributed by atoms with Gasteiger partial charge < -0.3 is 0 Å². The van der Waals surface area contributed by atoms with Crippen molar-refractivity contribution in [1.82, 2.24) is 0 Å². The number of methoxy groups -OCH3 is 1. The maximum atomic E-state index is 12.0. The molecule has 0 N–H and O–H groups in total. The van der Waals surface area contributed by atoms with Gasteiger partial charge in [0.2, 0.25) is 0 Å². The second kappa shape index (κ2) is 10.1. The van der Waals surface area contributed by atoms with E-state index in [9.17, 15) is 9.59 Å². The van der Waals surface area contributed by atoms with Crippen molar-refractivity contribution < 1.29 is 19.1 Å². The Hall–Kier alpha value is -3.10. The average molecular weight is 463 g/mol. The fourth-order valence-corrected chi connectivity index (χ4v) is 12.1. The normalized spacial score (nSPS) is 11.6. The van der Waals surface area contributed by atoms with Crippen LogP contribution < -0.4 is 13.1 Å². The van der Waals surface area contributed by atoms with Gasteiger partial charge in [-0.3, -0.25) is 0 Å². The molecular weight excluding hydrogens is 439 g/mol. The molecule has 0 aliphatic heterocycles. The van der Waals surface area contributed by atoms with E-state index >= 15 is 0 Å². The van der Waals surface area contributed by atoms with Crippen LogP contribution in [0.3, 0.4) is 0 Å². The molecule has 0 unspecified atom stereocenters. The summed E-state index contributed by atoms with van der Waals surface area (Å²) < 4.78 is 13.9. The van der Waals surface area contributed by atoms with E-state index in [0.717, 1.165) is 0 Å². The second-order valence-corrected chi connectivity index (χ2v) is 14.0. The van der Waals surface area contributed by atoms with Crippen molar-refractivity contribution >= 4 is 38.5 Å². The molecule has 0 aromatic heterocycles. The number of carbonyl (C=O) groups excluding carboxylic acids is 2. The van der Waals surface area contributed by atoms with Gasteiger partial charge in [0, 0.05) is 0 Å². The fraction of sp³-hybridized carbons (Fsp3) is 0.120. The molecule has 3 aromatic carbocycles. The summed E-state index contributed by atoms with van der Waals surface area (Å²) in [6.07, 6.45) is 1.28. The molecule has 0 radical (unpaired) electrons. The van der Waals surface area contributed by atoms with Crippen molar-refractivity contribution in [2.45, 2.75) is 12.1 Å². The topological polar surface area (TPSA) is 52.6 Å². The molecule has 0 amide bonds. The van der Waals surface area contributed by atoms with E-state index in [-0.39, 0.29) is 0 Å². The van der Waals surface area contributed by atoms with Crippen LogP contribution in [0.25, 0.3) is 0 Å². The number of rotatable bonds is 7. The zero-order valence-corrected chi connectivity index (χ0v) is 18.9. The predicted octanol–water partition coefficient (Wildman–Crippen LogP) is 2.78. The van der Waals surface area contributed by atoms with E-state index in [0.29, 0.717) is 11.0 Å². The van der Waals surface area contributed by atoms with Crippen molar-refractivity contribution in [2.75, 3.05) is 7.11 Å². The maximum absolute atomic E-state index is 12.0. The average Bonchev–Trinajstić information content (AvgIpc) is 2.78. The molecule has 0 aliphatic carbocycles. The molecule has 0 bridgehead atoms. The Morgan fingerprint density at radius 3 is 1.50 bits per heavy atom. The van der Waals surface area contributed by atoms with Gasteiger partial charge in [-0.15, -0.1) is 0 Å². The molecule has 3 aromatic rings. The van der Waals surface area contributed by atoms with Crippen LogP contribution in [0.1, 0.15) is 6.92 Å². The number of allylic oxidation sites excluding steroid dienone is 1. The summed E-state index contributed by atoms with van der Waals surface area (Å²) in [5.41, 5.74) is 0. The molecule has 0 spiro atoms. The van der Waals surface area contributed by atoms with Gasteiger partial charge in [0.05, 0.1) is 0 Å². The molecule has 0 heterocycles.